The number of amides is 1. The average Bonchev–Trinajstić information content (AvgIpc) is 2.52. The molecule has 1 amide bonds. The summed E-state index contributed by atoms with van der Waals surface area (Å²) in [6, 6.07) is 6.24. The Morgan fingerprint density at radius 3 is 2.43 bits per heavy atom. The third-order valence-electron chi connectivity index (χ3n) is 4.57. The summed E-state index contributed by atoms with van der Waals surface area (Å²) in [6.45, 7) is 9.36. The molecule has 4 nitrogen and oxygen atoms in total. The van der Waals surface area contributed by atoms with Gasteiger partial charge in [-0.25, -0.2) is 0 Å². The van der Waals surface area contributed by atoms with Crippen LogP contribution in [0.3, 0.4) is 0 Å². The van der Waals surface area contributed by atoms with Gasteiger partial charge in [-0.3, -0.25) is 4.79 Å². The Hall–Kier alpha value is -1.39. The van der Waals surface area contributed by atoms with E-state index in [4.69, 9.17) is 0 Å². The Labute approximate surface area is 139 Å². The van der Waals surface area contributed by atoms with E-state index in [2.05, 4.69) is 49.2 Å². The monoisotopic (exact) mass is 318 g/mol. The standard InChI is InChI=1S/C19H30N2O2/c1-4-7-20-19(23)16-5-8-21(9-6-16)13-18(22)17-11-14(2)10-15(3)12-17/h10-12,16,18,22H,4-9,13H2,1-3H3,(H,20,23). The molecule has 1 aromatic carbocycles. The van der Waals surface area contributed by atoms with Crippen LogP contribution in [-0.4, -0.2) is 42.1 Å². The van der Waals surface area contributed by atoms with Crippen molar-refractivity contribution >= 4 is 5.91 Å². The molecule has 1 aliphatic heterocycles. The fraction of sp³-hybridized carbons (Fsp3) is 0.632. The summed E-state index contributed by atoms with van der Waals surface area (Å²) in [5, 5.41) is 13.5. The number of hydrogen-bond donors (Lipinski definition) is 2. The van der Waals surface area contributed by atoms with E-state index in [1.165, 1.54) is 11.1 Å². The Morgan fingerprint density at radius 1 is 1.26 bits per heavy atom. The van der Waals surface area contributed by atoms with E-state index in [9.17, 15) is 9.90 Å². The van der Waals surface area contributed by atoms with E-state index < -0.39 is 6.10 Å². The van der Waals surface area contributed by atoms with Crippen molar-refractivity contribution in [1.82, 2.24) is 10.2 Å². The second-order valence-electron chi connectivity index (χ2n) is 6.80. The van der Waals surface area contributed by atoms with Gasteiger partial charge in [0, 0.05) is 19.0 Å². The highest BCUT2D eigenvalue weighted by Crippen LogP contribution is 2.22. The van der Waals surface area contributed by atoms with E-state index in [0.717, 1.165) is 44.5 Å². The van der Waals surface area contributed by atoms with E-state index in [-0.39, 0.29) is 11.8 Å². The van der Waals surface area contributed by atoms with Gasteiger partial charge >= 0.3 is 0 Å². The Balaban J connectivity index is 1.82. The Morgan fingerprint density at radius 2 is 1.87 bits per heavy atom. The molecule has 1 saturated heterocycles. The van der Waals surface area contributed by atoms with E-state index >= 15 is 0 Å². The molecule has 23 heavy (non-hydrogen) atoms. The first kappa shape index (κ1) is 18.0. The van der Waals surface area contributed by atoms with Gasteiger partial charge in [0.1, 0.15) is 0 Å². The van der Waals surface area contributed by atoms with Crippen molar-refractivity contribution in [2.45, 2.75) is 46.1 Å². The normalized spacial score (nSPS) is 17.9. The number of carbonyl (C=O) groups excluding carboxylic acids is 1. The van der Waals surface area contributed by atoms with Gasteiger partial charge in [-0.1, -0.05) is 36.2 Å². The van der Waals surface area contributed by atoms with Crippen LogP contribution in [0.25, 0.3) is 0 Å². The first-order valence-corrected chi connectivity index (χ1v) is 8.76. The average molecular weight is 318 g/mol. The van der Waals surface area contributed by atoms with Gasteiger partial charge in [0.05, 0.1) is 6.10 Å². The molecule has 128 valence electrons. The minimum atomic E-state index is -0.459. The lowest BCUT2D eigenvalue weighted by Crippen LogP contribution is -2.42. The number of rotatable bonds is 6. The number of aliphatic hydroxyl groups is 1. The molecule has 2 rings (SSSR count). The first-order chi connectivity index (χ1) is 11.0. The van der Waals surface area contributed by atoms with Crippen LogP contribution in [-0.2, 0) is 4.79 Å². The number of likely N-dealkylation sites (tertiary alicyclic amines) is 1. The van der Waals surface area contributed by atoms with Crippen molar-refractivity contribution in [1.29, 1.82) is 0 Å². The SMILES string of the molecule is CCCNC(=O)C1CCN(CC(O)c2cc(C)cc(C)c2)CC1. The van der Waals surface area contributed by atoms with E-state index in [1.807, 2.05) is 0 Å². The number of nitrogens with zero attached hydrogens (tertiary/aromatic N) is 1. The van der Waals surface area contributed by atoms with Crippen LogP contribution in [0.2, 0.25) is 0 Å². The Bertz CT molecular complexity index is 502. The molecule has 1 heterocycles. The molecule has 0 spiro atoms. The van der Waals surface area contributed by atoms with Crippen molar-refractivity contribution in [2.75, 3.05) is 26.2 Å². The summed E-state index contributed by atoms with van der Waals surface area (Å²) in [5.41, 5.74) is 3.36. The van der Waals surface area contributed by atoms with Crippen molar-refractivity contribution < 1.29 is 9.90 Å². The molecule has 1 aromatic rings. The van der Waals surface area contributed by atoms with Gasteiger partial charge in [0.15, 0.2) is 0 Å². The van der Waals surface area contributed by atoms with Gasteiger partial charge in [0.25, 0.3) is 0 Å². The molecular formula is C19H30N2O2. The third-order valence-corrected chi connectivity index (χ3v) is 4.57. The van der Waals surface area contributed by atoms with Crippen LogP contribution < -0.4 is 5.32 Å². The van der Waals surface area contributed by atoms with Crippen molar-refractivity contribution in [2.24, 2.45) is 5.92 Å². The summed E-state index contributed by atoms with van der Waals surface area (Å²) in [5.74, 6) is 0.331. The zero-order chi connectivity index (χ0) is 16.8. The smallest absolute Gasteiger partial charge is 0.223 e. The van der Waals surface area contributed by atoms with Crippen LogP contribution in [0, 0.1) is 19.8 Å². The fourth-order valence-electron chi connectivity index (χ4n) is 3.32. The summed E-state index contributed by atoms with van der Waals surface area (Å²) >= 11 is 0. The van der Waals surface area contributed by atoms with E-state index in [0.29, 0.717) is 6.54 Å². The lowest BCUT2D eigenvalue weighted by molar-refractivity contribution is -0.126. The van der Waals surface area contributed by atoms with Crippen molar-refractivity contribution in [3.63, 3.8) is 0 Å². The fourth-order valence-corrected chi connectivity index (χ4v) is 3.32. The number of β-amino-alcohol motifs (C(OH)–C–C–N with tert-alkyl or cyclic N) is 1. The number of piperidine rings is 1. The minimum absolute atomic E-state index is 0.135. The highest BCUT2D eigenvalue weighted by atomic mass is 16.3. The topological polar surface area (TPSA) is 52.6 Å². The number of benzene rings is 1. The third kappa shape index (κ3) is 5.33. The molecule has 1 fully saturated rings. The summed E-state index contributed by atoms with van der Waals surface area (Å²) in [6.07, 6.45) is 2.29. The molecule has 4 heteroatoms. The van der Waals surface area contributed by atoms with Gasteiger partial charge < -0.3 is 15.3 Å². The molecule has 0 saturated carbocycles. The zero-order valence-electron chi connectivity index (χ0n) is 14.6. The van der Waals surface area contributed by atoms with Crippen LogP contribution >= 0.6 is 0 Å². The molecule has 0 aromatic heterocycles. The maximum absolute atomic E-state index is 12.0. The quantitative estimate of drug-likeness (QED) is 0.847. The van der Waals surface area contributed by atoms with Crippen LogP contribution in [0.1, 0.15) is 49.0 Å². The maximum Gasteiger partial charge on any atom is 0.223 e. The second kappa shape index (κ2) is 8.46. The molecule has 1 unspecified atom stereocenters. The molecular weight excluding hydrogens is 288 g/mol. The number of aryl methyl sites for hydroxylation is 2. The maximum atomic E-state index is 12.0. The molecule has 0 aliphatic carbocycles. The summed E-state index contributed by atoms with van der Waals surface area (Å²) in [7, 11) is 0. The number of hydrogen-bond acceptors (Lipinski definition) is 3. The molecule has 1 atom stereocenters. The number of nitrogens with one attached hydrogen (secondary N) is 1. The lowest BCUT2D eigenvalue weighted by Gasteiger charge is -2.32. The predicted molar refractivity (Wildman–Crippen MR) is 93.3 cm³/mol. The van der Waals surface area contributed by atoms with E-state index in [1.54, 1.807) is 0 Å². The highest BCUT2D eigenvalue weighted by molar-refractivity contribution is 5.78. The van der Waals surface area contributed by atoms with Gasteiger partial charge in [-0.05, 0) is 51.8 Å². The van der Waals surface area contributed by atoms with Crippen LogP contribution in [0.5, 0.6) is 0 Å². The lowest BCUT2D eigenvalue weighted by atomic mass is 9.95. The first-order valence-electron chi connectivity index (χ1n) is 8.76. The predicted octanol–water partition coefficient (Wildman–Crippen LogP) is 2.58. The zero-order valence-corrected chi connectivity index (χ0v) is 14.6. The summed E-state index contributed by atoms with van der Waals surface area (Å²) < 4.78 is 0. The van der Waals surface area contributed by atoms with Crippen molar-refractivity contribution in [3.8, 4) is 0 Å². The minimum Gasteiger partial charge on any atom is -0.387 e. The molecule has 0 bridgehead atoms. The molecule has 1 aliphatic rings. The van der Waals surface area contributed by atoms with Crippen LogP contribution in [0.4, 0.5) is 0 Å². The highest BCUT2D eigenvalue weighted by Gasteiger charge is 2.25. The molecule has 0 radical (unpaired) electrons. The van der Waals surface area contributed by atoms with Gasteiger partial charge in [-0.2, -0.15) is 0 Å². The van der Waals surface area contributed by atoms with Crippen molar-refractivity contribution in [3.05, 3.63) is 34.9 Å². The summed E-state index contributed by atoms with van der Waals surface area (Å²) in [4.78, 5) is 14.3. The van der Waals surface area contributed by atoms with Gasteiger partial charge in [0.2, 0.25) is 5.91 Å². The number of carbonyl (C=O) groups is 1. The van der Waals surface area contributed by atoms with Crippen LogP contribution in [0.15, 0.2) is 18.2 Å². The Kier molecular flexibility index (Phi) is 6.60. The van der Waals surface area contributed by atoms with Gasteiger partial charge in [-0.15, -0.1) is 0 Å². The molecule has 2 N–H and O–H groups in total. The largest absolute Gasteiger partial charge is 0.387 e. The second-order valence-corrected chi connectivity index (χ2v) is 6.80. The number of aliphatic hydroxyl groups excluding tert-OH is 1.